The van der Waals surface area contributed by atoms with E-state index in [-0.39, 0.29) is 11.3 Å². The van der Waals surface area contributed by atoms with E-state index in [1.54, 1.807) is 7.05 Å². The molecule has 1 aromatic rings. The average molecular weight is 388 g/mol. The fourth-order valence-corrected chi connectivity index (χ4v) is 2.53. The van der Waals surface area contributed by atoms with Gasteiger partial charge in [-0.15, -0.1) is 0 Å². The smallest absolute Gasteiger partial charge is 0.239 e. The van der Waals surface area contributed by atoms with Crippen molar-refractivity contribution in [2.75, 3.05) is 20.3 Å². The van der Waals surface area contributed by atoms with Crippen molar-refractivity contribution in [2.45, 2.75) is 25.7 Å². The zero-order chi connectivity index (χ0) is 16.6. The standard InChI is InChI=1S/C13H16BrN3O2S.C2H6/c1-15-12(20)17-16-11(18)6-13(7-19-8-13)9-3-2-4-10(14)5-9;1-2/h2-5H,6-8H2,1H3,(H,16,18)(H2,15,17,20);1-2H3. The number of rotatable bonds is 3. The summed E-state index contributed by atoms with van der Waals surface area (Å²) in [6.07, 6.45) is 0.350. The molecule has 0 atom stereocenters. The molecule has 3 N–H and O–H groups in total. The van der Waals surface area contributed by atoms with Gasteiger partial charge in [-0.3, -0.25) is 15.6 Å². The third-order valence-corrected chi connectivity index (χ3v) is 4.03. The number of benzene rings is 1. The Labute approximate surface area is 145 Å². The Morgan fingerprint density at radius 2 is 2.05 bits per heavy atom. The number of hydrogen-bond acceptors (Lipinski definition) is 3. The highest BCUT2D eigenvalue weighted by Crippen LogP contribution is 2.36. The van der Waals surface area contributed by atoms with Crippen molar-refractivity contribution >= 4 is 39.2 Å². The van der Waals surface area contributed by atoms with Crippen LogP contribution in [0, 0.1) is 0 Å². The van der Waals surface area contributed by atoms with Gasteiger partial charge < -0.3 is 10.1 Å². The molecule has 0 unspecified atom stereocenters. The number of carbonyl (C=O) groups excluding carboxylic acids is 1. The molecule has 122 valence electrons. The van der Waals surface area contributed by atoms with Crippen molar-refractivity contribution in [3.05, 3.63) is 34.3 Å². The highest BCUT2D eigenvalue weighted by Gasteiger charge is 2.42. The summed E-state index contributed by atoms with van der Waals surface area (Å²) in [6, 6.07) is 7.98. The van der Waals surface area contributed by atoms with Crippen molar-refractivity contribution in [1.29, 1.82) is 0 Å². The van der Waals surface area contributed by atoms with Crippen molar-refractivity contribution in [3.8, 4) is 0 Å². The molecule has 1 aromatic carbocycles. The largest absolute Gasteiger partial charge is 0.379 e. The predicted octanol–water partition coefficient (Wildman–Crippen LogP) is 2.26. The molecule has 1 aliphatic heterocycles. The third kappa shape index (κ3) is 4.93. The highest BCUT2D eigenvalue weighted by molar-refractivity contribution is 9.10. The van der Waals surface area contributed by atoms with Gasteiger partial charge in [0.15, 0.2) is 5.11 Å². The Morgan fingerprint density at radius 3 is 2.55 bits per heavy atom. The summed E-state index contributed by atoms with van der Waals surface area (Å²) in [6.45, 7) is 5.10. The molecule has 1 heterocycles. The van der Waals surface area contributed by atoms with E-state index in [4.69, 9.17) is 17.0 Å². The number of amides is 1. The second-order valence-electron chi connectivity index (χ2n) is 4.71. The molecule has 0 aromatic heterocycles. The first-order chi connectivity index (χ1) is 10.6. The van der Waals surface area contributed by atoms with E-state index < -0.39 is 0 Å². The van der Waals surface area contributed by atoms with Crippen LogP contribution >= 0.6 is 28.1 Å². The molecule has 1 fully saturated rings. The van der Waals surface area contributed by atoms with E-state index in [0.717, 1.165) is 10.0 Å². The summed E-state index contributed by atoms with van der Waals surface area (Å²) in [5.74, 6) is -0.120. The quantitative estimate of drug-likeness (QED) is 0.548. The maximum atomic E-state index is 12.0. The third-order valence-electron chi connectivity index (χ3n) is 3.24. The molecule has 5 nitrogen and oxygen atoms in total. The molecular weight excluding hydrogens is 366 g/mol. The monoisotopic (exact) mass is 387 g/mol. The number of hydrazine groups is 1. The van der Waals surface area contributed by atoms with Crippen LogP contribution in [0.5, 0.6) is 0 Å². The van der Waals surface area contributed by atoms with E-state index in [1.807, 2.05) is 38.1 Å². The van der Waals surface area contributed by atoms with Crippen LogP contribution in [0.1, 0.15) is 25.8 Å². The molecule has 1 amide bonds. The summed E-state index contributed by atoms with van der Waals surface area (Å²) in [5.41, 5.74) is 6.07. The molecule has 0 saturated carbocycles. The van der Waals surface area contributed by atoms with Crippen molar-refractivity contribution in [3.63, 3.8) is 0 Å². The fourth-order valence-electron chi connectivity index (χ4n) is 2.08. The zero-order valence-corrected chi connectivity index (χ0v) is 15.4. The van der Waals surface area contributed by atoms with Crippen LogP contribution in [0.4, 0.5) is 0 Å². The molecule has 0 aliphatic carbocycles. The lowest BCUT2D eigenvalue weighted by Gasteiger charge is -2.41. The van der Waals surface area contributed by atoms with Gasteiger partial charge in [0.05, 0.1) is 18.6 Å². The van der Waals surface area contributed by atoms with Gasteiger partial charge in [0, 0.05) is 17.9 Å². The van der Waals surface area contributed by atoms with E-state index in [0.29, 0.717) is 24.7 Å². The summed E-state index contributed by atoms with van der Waals surface area (Å²) in [7, 11) is 1.68. The Balaban J connectivity index is 0.00000116. The van der Waals surface area contributed by atoms with Crippen LogP contribution in [0.3, 0.4) is 0 Å². The van der Waals surface area contributed by atoms with E-state index in [9.17, 15) is 4.79 Å². The lowest BCUT2D eigenvalue weighted by Crippen LogP contribution is -2.53. The minimum atomic E-state index is -0.253. The molecule has 2 rings (SSSR count). The highest BCUT2D eigenvalue weighted by atomic mass is 79.9. The summed E-state index contributed by atoms with van der Waals surface area (Å²) in [4.78, 5) is 12.0. The van der Waals surface area contributed by atoms with Crippen molar-refractivity contribution in [2.24, 2.45) is 0 Å². The summed E-state index contributed by atoms with van der Waals surface area (Å²) < 4.78 is 6.32. The Kier molecular flexibility index (Phi) is 7.78. The normalized spacial score (nSPS) is 14.7. The number of halogens is 1. The minimum Gasteiger partial charge on any atom is -0.379 e. The number of carbonyl (C=O) groups is 1. The summed E-state index contributed by atoms with van der Waals surface area (Å²) >= 11 is 8.35. The molecule has 22 heavy (non-hydrogen) atoms. The molecule has 1 aliphatic rings. The van der Waals surface area contributed by atoms with E-state index in [2.05, 4.69) is 32.1 Å². The van der Waals surface area contributed by atoms with Gasteiger partial charge in [-0.2, -0.15) is 0 Å². The maximum absolute atomic E-state index is 12.0. The number of hydrogen-bond donors (Lipinski definition) is 3. The van der Waals surface area contributed by atoms with Crippen LogP contribution in [-0.4, -0.2) is 31.3 Å². The Morgan fingerprint density at radius 1 is 1.36 bits per heavy atom. The van der Waals surface area contributed by atoms with E-state index in [1.165, 1.54) is 0 Å². The van der Waals surface area contributed by atoms with Crippen molar-refractivity contribution < 1.29 is 9.53 Å². The number of ether oxygens (including phenoxy) is 1. The zero-order valence-electron chi connectivity index (χ0n) is 13.0. The molecular formula is C15H22BrN3O2S. The average Bonchev–Trinajstić information content (AvgIpc) is 2.50. The first kappa shape index (κ1) is 18.9. The van der Waals surface area contributed by atoms with Gasteiger partial charge in [0.2, 0.25) is 5.91 Å². The predicted molar refractivity (Wildman–Crippen MR) is 95.5 cm³/mol. The van der Waals surface area contributed by atoms with Gasteiger partial charge in [-0.25, -0.2) is 0 Å². The van der Waals surface area contributed by atoms with Gasteiger partial charge in [0.1, 0.15) is 0 Å². The van der Waals surface area contributed by atoms with Gasteiger partial charge in [-0.05, 0) is 29.9 Å². The number of thiocarbonyl (C=S) groups is 1. The SMILES string of the molecule is CC.CNC(=S)NNC(=O)CC1(c2cccc(Br)c2)COC1. The topological polar surface area (TPSA) is 62.4 Å². The van der Waals surface area contributed by atoms with Gasteiger partial charge >= 0.3 is 0 Å². The minimum absolute atomic E-state index is 0.120. The lowest BCUT2D eigenvalue weighted by molar-refractivity contribution is -0.130. The van der Waals surface area contributed by atoms with Crippen LogP contribution < -0.4 is 16.2 Å². The van der Waals surface area contributed by atoms with Crippen LogP contribution in [0.15, 0.2) is 28.7 Å². The Bertz CT molecular complexity index is 521. The first-order valence-corrected chi connectivity index (χ1v) is 8.36. The van der Waals surface area contributed by atoms with Crippen molar-refractivity contribution in [1.82, 2.24) is 16.2 Å². The molecule has 7 heteroatoms. The van der Waals surface area contributed by atoms with Crippen LogP contribution in [0.25, 0.3) is 0 Å². The molecule has 0 spiro atoms. The fraction of sp³-hybridized carbons (Fsp3) is 0.467. The van der Waals surface area contributed by atoms with Gasteiger partial charge in [0.25, 0.3) is 0 Å². The molecule has 1 saturated heterocycles. The second kappa shape index (κ2) is 9.07. The first-order valence-electron chi connectivity index (χ1n) is 7.16. The maximum Gasteiger partial charge on any atom is 0.239 e. The van der Waals surface area contributed by atoms with Gasteiger partial charge in [-0.1, -0.05) is 41.9 Å². The summed E-state index contributed by atoms with van der Waals surface area (Å²) in [5, 5.41) is 3.10. The van der Waals surface area contributed by atoms with Crippen LogP contribution in [0.2, 0.25) is 0 Å². The van der Waals surface area contributed by atoms with E-state index >= 15 is 0 Å². The lowest BCUT2D eigenvalue weighted by atomic mass is 9.76. The van der Waals surface area contributed by atoms with Crippen LogP contribution in [-0.2, 0) is 14.9 Å². The number of nitrogens with one attached hydrogen (secondary N) is 3. The molecule has 0 bridgehead atoms. The second-order valence-corrected chi connectivity index (χ2v) is 6.04. The Hall–Kier alpha value is -1.18. The molecule has 0 radical (unpaired) electrons.